The van der Waals surface area contributed by atoms with Crippen LogP contribution in [0.2, 0.25) is 17.3 Å². The van der Waals surface area contributed by atoms with Gasteiger partial charge in [-0.25, -0.2) is 0 Å². The summed E-state index contributed by atoms with van der Waals surface area (Å²) in [6.07, 6.45) is 6.74. The molecule has 0 aliphatic carbocycles. The Morgan fingerprint density at radius 1 is 0.721 bits per heavy atom. The Morgan fingerprint density at radius 2 is 1.41 bits per heavy atom. The van der Waals surface area contributed by atoms with E-state index in [1.165, 1.54) is 58.1 Å². The Bertz CT molecular complexity index is 2900. The third kappa shape index (κ3) is 9.25. The molecule has 4 aromatic heterocycles. The van der Waals surface area contributed by atoms with E-state index in [1.54, 1.807) is 12.4 Å². The molecule has 0 N–H and O–H groups in total. The molecular weight excluding hydrogens is 1000 g/mol. The van der Waals surface area contributed by atoms with Gasteiger partial charge in [0.15, 0.2) is 0 Å². The number of para-hydroxylation sites is 2. The Balaban J connectivity index is 0.000000226. The monoisotopic (exact) mass is 1060 g/mol. The van der Waals surface area contributed by atoms with E-state index in [4.69, 9.17) is 4.98 Å². The fraction of sp³-hybridized carbons (Fsp3) is 0.241. The number of pyridine rings is 2. The fourth-order valence-corrected chi connectivity index (χ4v) is 12.8. The molecule has 9 aromatic rings. The van der Waals surface area contributed by atoms with Crippen LogP contribution in [0.15, 0.2) is 134 Å². The minimum atomic E-state index is -1.87. The van der Waals surface area contributed by atoms with Gasteiger partial charge in [0.2, 0.25) is 0 Å². The van der Waals surface area contributed by atoms with Gasteiger partial charge in [-0.1, -0.05) is 99.3 Å². The number of imidazole rings is 1. The van der Waals surface area contributed by atoms with Crippen LogP contribution in [0.25, 0.3) is 70.7 Å². The van der Waals surface area contributed by atoms with Gasteiger partial charge in [-0.3, -0.25) is 4.98 Å². The summed E-state index contributed by atoms with van der Waals surface area (Å²) >= 11 is -0.0373. The number of aromatic nitrogens is 4. The van der Waals surface area contributed by atoms with Gasteiger partial charge < -0.3 is 4.57 Å². The second-order valence-corrected chi connectivity index (χ2v) is 29.5. The normalized spacial score (nSPS) is 11.7. The van der Waals surface area contributed by atoms with E-state index < -0.39 is 13.3 Å². The van der Waals surface area contributed by atoms with Gasteiger partial charge in [0.05, 0.1) is 16.9 Å². The largest absolute Gasteiger partial charge is 0.333 e. The quantitative estimate of drug-likeness (QED) is 0.107. The molecule has 1 radical (unpaired) electrons. The van der Waals surface area contributed by atoms with Crippen molar-refractivity contribution in [3.05, 3.63) is 163 Å². The summed E-state index contributed by atoms with van der Waals surface area (Å²) in [5.41, 5.74) is 13.1. The first kappa shape index (κ1) is 44.3. The molecule has 4 nitrogen and oxygen atoms in total. The zero-order chi connectivity index (χ0) is 42.1. The molecule has 9 rings (SSSR count). The predicted molar refractivity (Wildman–Crippen MR) is 260 cm³/mol. The summed E-state index contributed by atoms with van der Waals surface area (Å²) in [5.74, 6) is 9.56. The average Bonchev–Trinajstić information content (AvgIpc) is 3.82. The van der Waals surface area contributed by atoms with Gasteiger partial charge in [0.25, 0.3) is 0 Å². The Labute approximate surface area is 382 Å². The molecule has 0 spiro atoms. The number of hydrogen-bond donors (Lipinski definition) is 0. The number of benzene rings is 5. The van der Waals surface area contributed by atoms with Crippen LogP contribution < -0.4 is 4.40 Å². The molecule has 0 fully saturated rings. The molecule has 0 atom stereocenters. The SMILES string of the molecule is CC(C)Cc1cc(-c2[c-]cncc2)nc[c]1[Ge]([CH3])([CH3])[CH3].CC(C)c1cc(-c2ccccc2)cc(C(C)C)c1-n1c(-c2[c-]ccc3c2sc2ccccc23)nc2ccccc21.[Ir]. The molecule has 0 bridgehead atoms. The van der Waals surface area contributed by atoms with Crippen molar-refractivity contribution in [2.45, 2.75) is 77.1 Å². The number of fused-ring (bicyclic) bond motifs is 4. The second-order valence-electron chi connectivity index (χ2n) is 17.9. The summed E-state index contributed by atoms with van der Waals surface area (Å²) in [5, 5.41) is 2.55. The topological polar surface area (TPSA) is 43.6 Å². The summed E-state index contributed by atoms with van der Waals surface area (Å²) in [6.45, 7) is 13.8. The van der Waals surface area contributed by atoms with Crippen LogP contribution in [0.5, 0.6) is 0 Å². The number of hydrogen-bond acceptors (Lipinski definition) is 4. The summed E-state index contributed by atoms with van der Waals surface area (Å²) < 4.78 is 6.47. The molecular formula is C54H54GeIrN4S-2. The molecule has 61 heavy (non-hydrogen) atoms. The molecule has 0 saturated heterocycles. The van der Waals surface area contributed by atoms with Crippen LogP contribution in [0.3, 0.4) is 0 Å². The summed E-state index contributed by atoms with van der Waals surface area (Å²) in [6, 6.07) is 48.0. The second kappa shape index (κ2) is 18.7. The molecule has 5 aromatic carbocycles. The molecule has 0 unspecified atom stereocenters. The number of rotatable bonds is 9. The van der Waals surface area contributed by atoms with Gasteiger partial charge in [-0.05, 0) is 74.5 Å². The molecule has 4 heterocycles. The maximum Gasteiger partial charge on any atom is 0.0774 e. The maximum atomic E-state index is 5.30. The van der Waals surface area contributed by atoms with E-state index in [0.29, 0.717) is 17.8 Å². The predicted octanol–water partition coefficient (Wildman–Crippen LogP) is 14.5. The number of thiophene rings is 1. The van der Waals surface area contributed by atoms with Crippen molar-refractivity contribution < 1.29 is 20.1 Å². The smallest absolute Gasteiger partial charge is 0.0774 e. The average molecular weight is 1060 g/mol. The van der Waals surface area contributed by atoms with Crippen molar-refractivity contribution in [1.82, 2.24) is 19.5 Å². The standard InChI is InChI=1S/C37H31N2S.C17H23GeN2.Ir/c1-23(2)30-21-26(25-13-6-5-7-14-25)22-31(24(3)4)35(30)39-33-19-10-9-18-32(33)38-37(39)29-17-12-16-28-27-15-8-11-20-34(27)40-36(28)29;1-13(2)10-15-11-17(14-6-8-19-9-7-14)20-12-16(15)18(3,4)5;/h5-16,18-24H,1-4H3;6,8-9,11-13H,10H2,1-5H3;/q2*-1;. The molecule has 311 valence electrons. The third-order valence-corrected chi connectivity index (χ3v) is 16.7. The minimum absolute atomic E-state index is 0. The van der Waals surface area contributed by atoms with Gasteiger partial charge in [0.1, 0.15) is 0 Å². The van der Waals surface area contributed by atoms with Crippen molar-refractivity contribution in [3.8, 4) is 39.5 Å². The first-order valence-electron chi connectivity index (χ1n) is 21.2. The molecule has 0 aliphatic rings. The van der Waals surface area contributed by atoms with Crippen molar-refractivity contribution in [3.63, 3.8) is 0 Å². The van der Waals surface area contributed by atoms with Crippen LogP contribution in [0.1, 0.15) is 70.1 Å². The number of nitrogens with zero attached hydrogens (tertiary/aromatic N) is 4. The third-order valence-electron chi connectivity index (χ3n) is 11.2. The molecule has 0 saturated carbocycles. The molecule has 0 amide bonds. The Morgan fingerprint density at radius 3 is 2.08 bits per heavy atom. The van der Waals surface area contributed by atoms with E-state index in [-0.39, 0.29) is 20.1 Å². The maximum absolute atomic E-state index is 5.30. The zero-order valence-electron chi connectivity index (χ0n) is 36.7. The van der Waals surface area contributed by atoms with Crippen LogP contribution >= 0.6 is 11.3 Å². The van der Waals surface area contributed by atoms with Crippen molar-refractivity contribution in [2.24, 2.45) is 5.92 Å². The Kier molecular flexibility index (Phi) is 13.6. The van der Waals surface area contributed by atoms with Gasteiger partial charge in [-0.2, -0.15) is 11.3 Å². The van der Waals surface area contributed by atoms with Crippen LogP contribution in [-0.4, -0.2) is 32.8 Å². The van der Waals surface area contributed by atoms with Gasteiger partial charge in [0, 0.05) is 30.5 Å². The van der Waals surface area contributed by atoms with Crippen LogP contribution in [0, 0.1) is 18.1 Å². The summed E-state index contributed by atoms with van der Waals surface area (Å²) in [4.78, 5) is 14.0. The van der Waals surface area contributed by atoms with Crippen molar-refractivity contribution >= 4 is 60.2 Å². The van der Waals surface area contributed by atoms with E-state index in [9.17, 15) is 0 Å². The first-order chi connectivity index (χ1) is 28.9. The minimum Gasteiger partial charge on any atom is -0.333 e. The van der Waals surface area contributed by atoms with Crippen molar-refractivity contribution in [1.29, 1.82) is 0 Å². The Hall–Kier alpha value is -4.72. The molecule has 7 heteroatoms. The van der Waals surface area contributed by atoms with Gasteiger partial charge in [-0.15, -0.1) is 18.2 Å². The first-order valence-corrected chi connectivity index (χ1v) is 29.4. The zero-order valence-corrected chi connectivity index (χ0v) is 42.0. The van der Waals surface area contributed by atoms with Crippen LogP contribution in [-0.2, 0) is 26.5 Å². The summed E-state index contributed by atoms with van der Waals surface area (Å²) in [7, 11) is 0. The van der Waals surface area contributed by atoms with E-state index in [1.807, 2.05) is 17.4 Å². The van der Waals surface area contributed by atoms with E-state index in [2.05, 4.69) is 201 Å². The fourth-order valence-electron chi connectivity index (χ4n) is 8.30. The molecule has 0 aliphatic heterocycles. The van der Waals surface area contributed by atoms with Crippen LogP contribution in [0.4, 0.5) is 0 Å². The van der Waals surface area contributed by atoms with E-state index >= 15 is 0 Å². The van der Waals surface area contributed by atoms with Gasteiger partial charge >= 0.3 is 125 Å². The van der Waals surface area contributed by atoms with Crippen molar-refractivity contribution in [2.75, 3.05) is 0 Å². The van der Waals surface area contributed by atoms with E-state index in [0.717, 1.165) is 40.1 Å².